The fourth-order valence-electron chi connectivity index (χ4n) is 3.29. The average molecular weight is 518 g/mol. The maximum atomic E-state index is 12.6. The molecule has 3 aromatic carbocycles. The van der Waals surface area contributed by atoms with Gasteiger partial charge in [0.1, 0.15) is 5.75 Å². The van der Waals surface area contributed by atoms with Gasteiger partial charge in [0.15, 0.2) is 11.5 Å². The molecule has 3 aromatic rings. The highest BCUT2D eigenvalue weighted by molar-refractivity contribution is 5.96. The number of amides is 2. The second-order valence-electron chi connectivity index (χ2n) is 8.25. The van der Waals surface area contributed by atoms with Crippen molar-refractivity contribution >= 4 is 24.0 Å². The monoisotopic (exact) mass is 517 g/mol. The Balaban J connectivity index is 1.56. The van der Waals surface area contributed by atoms with Gasteiger partial charge in [-0.3, -0.25) is 9.59 Å². The molecule has 9 nitrogen and oxygen atoms in total. The number of ether oxygens (including phenoxy) is 3. The van der Waals surface area contributed by atoms with E-state index in [1.165, 1.54) is 6.21 Å². The zero-order valence-electron chi connectivity index (χ0n) is 21.7. The van der Waals surface area contributed by atoms with Gasteiger partial charge in [-0.25, -0.2) is 10.2 Å². The van der Waals surface area contributed by atoms with Crippen LogP contribution in [0.25, 0.3) is 0 Å². The number of rotatable bonds is 12. The molecule has 0 unspecified atom stereocenters. The van der Waals surface area contributed by atoms with Crippen molar-refractivity contribution in [2.45, 2.75) is 27.2 Å². The van der Waals surface area contributed by atoms with Crippen molar-refractivity contribution in [1.82, 2.24) is 10.7 Å². The van der Waals surface area contributed by atoms with Gasteiger partial charge in [-0.1, -0.05) is 24.6 Å². The van der Waals surface area contributed by atoms with Crippen molar-refractivity contribution in [3.05, 3.63) is 89.0 Å². The Kier molecular flexibility index (Phi) is 10.4. The molecular formula is C29H31N3O6. The lowest BCUT2D eigenvalue weighted by molar-refractivity contribution is -0.120. The second-order valence-corrected chi connectivity index (χ2v) is 8.25. The van der Waals surface area contributed by atoms with Crippen LogP contribution in [0.2, 0.25) is 0 Å². The van der Waals surface area contributed by atoms with Crippen LogP contribution in [0.4, 0.5) is 0 Å². The Morgan fingerprint density at radius 1 is 0.895 bits per heavy atom. The van der Waals surface area contributed by atoms with Crippen molar-refractivity contribution in [2.24, 2.45) is 5.10 Å². The van der Waals surface area contributed by atoms with E-state index in [0.29, 0.717) is 41.4 Å². The molecule has 2 N–H and O–H groups in total. The van der Waals surface area contributed by atoms with Gasteiger partial charge < -0.3 is 19.5 Å². The molecule has 0 heterocycles. The van der Waals surface area contributed by atoms with Gasteiger partial charge in [0.25, 0.3) is 11.8 Å². The maximum Gasteiger partial charge on any atom is 0.343 e. The van der Waals surface area contributed by atoms with E-state index in [4.69, 9.17) is 14.2 Å². The van der Waals surface area contributed by atoms with Crippen LogP contribution in [-0.4, -0.2) is 43.8 Å². The zero-order valence-corrected chi connectivity index (χ0v) is 21.7. The van der Waals surface area contributed by atoms with Crippen LogP contribution in [0.3, 0.4) is 0 Å². The number of hydrogen-bond donors (Lipinski definition) is 2. The van der Waals surface area contributed by atoms with E-state index in [2.05, 4.69) is 15.8 Å². The van der Waals surface area contributed by atoms with Crippen molar-refractivity contribution in [3.8, 4) is 17.2 Å². The van der Waals surface area contributed by atoms with Crippen molar-refractivity contribution in [3.63, 3.8) is 0 Å². The van der Waals surface area contributed by atoms with Gasteiger partial charge in [0.2, 0.25) is 0 Å². The topological polar surface area (TPSA) is 115 Å². The van der Waals surface area contributed by atoms with E-state index < -0.39 is 11.9 Å². The number of esters is 1. The molecule has 0 aliphatic rings. The predicted octanol–water partition coefficient (Wildman–Crippen LogP) is 4.28. The molecule has 0 atom stereocenters. The highest BCUT2D eigenvalue weighted by Gasteiger charge is 2.14. The summed E-state index contributed by atoms with van der Waals surface area (Å²) in [5.41, 5.74) is 4.77. The van der Waals surface area contributed by atoms with Crippen molar-refractivity contribution in [1.29, 1.82) is 0 Å². The fraction of sp³-hybridized carbons (Fsp3) is 0.241. The number of nitrogens with one attached hydrogen (secondary N) is 2. The molecule has 2 amide bonds. The Morgan fingerprint density at radius 3 is 2.39 bits per heavy atom. The molecule has 0 aliphatic heterocycles. The molecule has 0 saturated heterocycles. The van der Waals surface area contributed by atoms with Gasteiger partial charge in [0, 0.05) is 5.56 Å². The van der Waals surface area contributed by atoms with E-state index in [1.807, 2.05) is 26.8 Å². The van der Waals surface area contributed by atoms with Crippen LogP contribution in [0.15, 0.2) is 71.8 Å². The summed E-state index contributed by atoms with van der Waals surface area (Å²) in [6.07, 6.45) is 2.31. The molecule has 0 aliphatic carbocycles. The van der Waals surface area contributed by atoms with Crippen LogP contribution in [-0.2, 0) is 4.79 Å². The minimum Gasteiger partial charge on any atom is -0.494 e. The summed E-state index contributed by atoms with van der Waals surface area (Å²) in [4.78, 5) is 36.8. The number of aryl methyl sites for hydroxylation is 1. The van der Waals surface area contributed by atoms with Gasteiger partial charge in [-0.05, 0) is 80.4 Å². The highest BCUT2D eigenvalue weighted by Crippen LogP contribution is 2.29. The molecule has 0 saturated carbocycles. The number of hydrogen-bond acceptors (Lipinski definition) is 7. The first-order valence-corrected chi connectivity index (χ1v) is 12.3. The molecule has 9 heteroatoms. The molecular weight excluding hydrogens is 486 g/mol. The number of nitrogens with zero attached hydrogens (tertiary/aromatic N) is 1. The third-order valence-corrected chi connectivity index (χ3v) is 5.13. The van der Waals surface area contributed by atoms with Crippen molar-refractivity contribution < 1.29 is 28.6 Å². The first-order valence-electron chi connectivity index (χ1n) is 12.3. The second kappa shape index (κ2) is 14.2. The number of benzene rings is 3. The molecule has 0 radical (unpaired) electrons. The molecule has 0 bridgehead atoms. The first kappa shape index (κ1) is 27.9. The molecule has 3 rings (SSSR count). The zero-order chi connectivity index (χ0) is 27.3. The maximum absolute atomic E-state index is 12.6. The Hall–Kier alpha value is -4.66. The molecule has 0 aromatic heterocycles. The molecule has 0 fully saturated rings. The van der Waals surface area contributed by atoms with E-state index in [1.54, 1.807) is 60.7 Å². The summed E-state index contributed by atoms with van der Waals surface area (Å²) in [6, 6.07) is 18.7. The van der Waals surface area contributed by atoms with E-state index in [-0.39, 0.29) is 18.2 Å². The largest absolute Gasteiger partial charge is 0.494 e. The summed E-state index contributed by atoms with van der Waals surface area (Å²) in [6.45, 7) is 6.44. The van der Waals surface area contributed by atoms with E-state index in [0.717, 1.165) is 12.0 Å². The summed E-state index contributed by atoms with van der Waals surface area (Å²) < 4.78 is 16.7. The molecule has 0 spiro atoms. The number of carbonyl (C=O) groups is 3. The van der Waals surface area contributed by atoms with Crippen LogP contribution in [0.1, 0.15) is 52.1 Å². The predicted molar refractivity (Wildman–Crippen MR) is 144 cm³/mol. The van der Waals surface area contributed by atoms with Crippen molar-refractivity contribution in [2.75, 3.05) is 19.8 Å². The first-order chi connectivity index (χ1) is 18.4. The minimum atomic E-state index is -0.533. The van der Waals surface area contributed by atoms with E-state index >= 15 is 0 Å². The summed E-state index contributed by atoms with van der Waals surface area (Å²) in [7, 11) is 0. The summed E-state index contributed by atoms with van der Waals surface area (Å²) in [5.74, 6) is -0.0751. The lowest BCUT2D eigenvalue weighted by Crippen LogP contribution is -2.34. The van der Waals surface area contributed by atoms with Gasteiger partial charge >= 0.3 is 5.97 Å². The number of carbonyl (C=O) groups excluding carboxylic acids is 3. The Bertz CT molecular complexity index is 1290. The molecule has 198 valence electrons. The van der Waals surface area contributed by atoms with Crippen LogP contribution < -0.4 is 25.0 Å². The third-order valence-electron chi connectivity index (χ3n) is 5.13. The smallest absolute Gasteiger partial charge is 0.343 e. The van der Waals surface area contributed by atoms with E-state index in [9.17, 15) is 14.4 Å². The molecule has 38 heavy (non-hydrogen) atoms. The Labute approximate surface area is 221 Å². The fourth-order valence-corrected chi connectivity index (χ4v) is 3.29. The summed E-state index contributed by atoms with van der Waals surface area (Å²) >= 11 is 0. The lowest BCUT2D eigenvalue weighted by Gasteiger charge is -2.12. The number of hydrazone groups is 1. The van der Waals surface area contributed by atoms with Crippen LogP contribution in [0.5, 0.6) is 17.2 Å². The van der Waals surface area contributed by atoms with Crippen LogP contribution in [0, 0.1) is 6.92 Å². The third kappa shape index (κ3) is 8.48. The van der Waals surface area contributed by atoms with Gasteiger partial charge in [-0.15, -0.1) is 0 Å². The quantitative estimate of drug-likeness (QED) is 0.160. The Morgan fingerprint density at radius 2 is 1.68 bits per heavy atom. The normalized spacial score (nSPS) is 10.6. The van der Waals surface area contributed by atoms with Gasteiger partial charge in [0.05, 0.1) is 31.5 Å². The highest BCUT2D eigenvalue weighted by atomic mass is 16.6. The summed E-state index contributed by atoms with van der Waals surface area (Å²) in [5, 5.41) is 6.48. The lowest BCUT2D eigenvalue weighted by atomic mass is 10.1. The SMILES string of the molecule is CCCOc1ccc(C(=O)Oc2ccc(/C=N\NC(=O)CNC(=O)c3cccc(C)c3)cc2OCC)cc1. The van der Waals surface area contributed by atoms with Crippen LogP contribution >= 0.6 is 0 Å². The standard InChI is InChI=1S/C29H31N3O6/c1-4-15-37-24-12-10-22(11-13-24)29(35)38-25-14-9-21(17-26(25)36-5-2)18-31-32-27(33)19-30-28(34)23-8-6-7-20(3)16-23/h6-14,16-18H,4-5,15,19H2,1-3H3,(H,30,34)(H,32,33)/b31-18-. The minimum absolute atomic E-state index is 0.227. The average Bonchev–Trinajstić information content (AvgIpc) is 2.92. The van der Waals surface area contributed by atoms with Gasteiger partial charge in [-0.2, -0.15) is 5.10 Å².